The molecule has 3 atom stereocenters. The number of carbonyl (C=O) groups is 1. The van der Waals surface area contributed by atoms with Crippen LogP contribution in [0.3, 0.4) is 0 Å². The van der Waals surface area contributed by atoms with Crippen molar-refractivity contribution in [2.45, 2.75) is 63.8 Å². The van der Waals surface area contributed by atoms with Gasteiger partial charge < -0.3 is 9.47 Å². The van der Waals surface area contributed by atoms with Gasteiger partial charge in [0, 0.05) is 5.57 Å². The Morgan fingerprint density at radius 2 is 1.94 bits per heavy atom. The van der Waals surface area contributed by atoms with Crippen molar-refractivity contribution < 1.29 is 14.3 Å². The highest BCUT2D eigenvalue weighted by atomic mass is 16.7. The zero-order valence-electron chi connectivity index (χ0n) is 10.7. The number of allylic oxidation sites excluding steroid dienone is 1. The molecule has 2 bridgehead atoms. The molecular formula is C15H20O3. The summed E-state index contributed by atoms with van der Waals surface area (Å²) in [6.07, 6.45) is 9.63. The molecule has 0 radical (unpaired) electrons. The van der Waals surface area contributed by atoms with E-state index in [1.165, 1.54) is 31.3 Å². The fourth-order valence-electron chi connectivity index (χ4n) is 4.29. The van der Waals surface area contributed by atoms with Gasteiger partial charge in [-0.15, -0.1) is 0 Å². The number of cyclic esters (lactones) is 1. The van der Waals surface area contributed by atoms with Crippen molar-refractivity contribution in [3.63, 3.8) is 0 Å². The lowest BCUT2D eigenvalue weighted by Crippen LogP contribution is -2.31. The summed E-state index contributed by atoms with van der Waals surface area (Å²) in [7, 11) is 0. The van der Waals surface area contributed by atoms with Gasteiger partial charge >= 0.3 is 5.97 Å². The minimum Gasteiger partial charge on any atom is -0.432 e. The first-order valence-corrected chi connectivity index (χ1v) is 7.41. The smallest absolute Gasteiger partial charge is 0.336 e. The van der Waals surface area contributed by atoms with E-state index in [9.17, 15) is 4.79 Å². The lowest BCUT2D eigenvalue weighted by Gasteiger charge is -2.28. The van der Waals surface area contributed by atoms with Gasteiger partial charge in [0.1, 0.15) is 0 Å². The third-order valence-electron chi connectivity index (χ3n) is 5.16. The third-order valence-corrected chi connectivity index (χ3v) is 5.16. The van der Waals surface area contributed by atoms with Crippen LogP contribution in [0.5, 0.6) is 0 Å². The van der Waals surface area contributed by atoms with Crippen LogP contribution in [0.15, 0.2) is 11.1 Å². The average molecular weight is 248 g/mol. The Balaban J connectivity index is 1.52. The van der Waals surface area contributed by atoms with Gasteiger partial charge in [-0.3, -0.25) is 0 Å². The number of fused-ring (bicyclic) bond motifs is 4. The van der Waals surface area contributed by atoms with Gasteiger partial charge in [0.2, 0.25) is 6.29 Å². The van der Waals surface area contributed by atoms with Gasteiger partial charge in [0.25, 0.3) is 0 Å². The van der Waals surface area contributed by atoms with Crippen LogP contribution < -0.4 is 0 Å². The van der Waals surface area contributed by atoms with E-state index in [-0.39, 0.29) is 18.2 Å². The van der Waals surface area contributed by atoms with E-state index in [1.807, 2.05) is 0 Å². The quantitative estimate of drug-likeness (QED) is 0.705. The summed E-state index contributed by atoms with van der Waals surface area (Å²) >= 11 is 0. The summed E-state index contributed by atoms with van der Waals surface area (Å²) in [6, 6.07) is 0. The average Bonchev–Trinajstić information content (AvgIpc) is 3.05. The topological polar surface area (TPSA) is 35.5 Å². The van der Waals surface area contributed by atoms with Crippen molar-refractivity contribution in [3.8, 4) is 0 Å². The Morgan fingerprint density at radius 3 is 2.78 bits per heavy atom. The highest BCUT2D eigenvalue weighted by molar-refractivity contribution is 5.93. The highest BCUT2D eigenvalue weighted by Crippen LogP contribution is 2.53. The highest BCUT2D eigenvalue weighted by Gasteiger charge is 2.53. The van der Waals surface area contributed by atoms with E-state index in [0.29, 0.717) is 12.0 Å². The monoisotopic (exact) mass is 248 g/mol. The van der Waals surface area contributed by atoms with E-state index in [1.54, 1.807) is 0 Å². The second-order valence-electron chi connectivity index (χ2n) is 6.22. The van der Waals surface area contributed by atoms with E-state index in [4.69, 9.17) is 9.47 Å². The van der Waals surface area contributed by atoms with Gasteiger partial charge in [-0.25, -0.2) is 4.79 Å². The SMILES string of the molecule is O=C1OC(OC2CCCCC2)C2C1=C1CCC2C1. The van der Waals surface area contributed by atoms with Crippen LogP contribution >= 0.6 is 0 Å². The third kappa shape index (κ3) is 1.56. The van der Waals surface area contributed by atoms with Gasteiger partial charge in [0.05, 0.1) is 12.0 Å². The molecular weight excluding hydrogens is 228 g/mol. The van der Waals surface area contributed by atoms with Crippen molar-refractivity contribution in [3.05, 3.63) is 11.1 Å². The van der Waals surface area contributed by atoms with E-state index >= 15 is 0 Å². The number of esters is 1. The van der Waals surface area contributed by atoms with E-state index in [2.05, 4.69) is 0 Å². The molecule has 4 aliphatic rings. The molecule has 3 heteroatoms. The Hall–Kier alpha value is -0.830. The van der Waals surface area contributed by atoms with E-state index in [0.717, 1.165) is 31.3 Å². The second kappa shape index (κ2) is 4.09. The summed E-state index contributed by atoms with van der Waals surface area (Å²) in [4.78, 5) is 11.9. The number of hydrogen-bond acceptors (Lipinski definition) is 3. The number of rotatable bonds is 2. The first kappa shape index (κ1) is 11.0. The van der Waals surface area contributed by atoms with Crippen molar-refractivity contribution in [2.75, 3.05) is 0 Å². The van der Waals surface area contributed by atoms with Crippen molar-refractivity contribution in [1.29, 1.82) is 0 Å². The molecule has 3 fully saturated rings. The largest absolute Gasteiger partial charge is 0.432 e. The van der Waals surface area contributed by atoms with Crippen LogP contribution in [0.25, 0.3) is 0 Å². The molecule has 1 aliphatic heterocycles. The molecule has 0 aromatic rings. The van der Waals surface area contributed by atoms with Crippen LogP contribution in [-0.4, -0.2) is 18.4 Å². The number of hydrogen-bond donors (Lipinski definition) is 0. The first-order chi connectivity index (χ1) is 8.83. The molecule has 0 aromatic heterocycles. The van der Waals surface area contributed by atoms with Crippen LogP contribution in [0.1, 0.15) is 51.4 Å². The van der Waals surface area contributed by atoms with Gasteiger partial charge in [0.15, 0.2) is 0 Å². The molecule has 3 nitrogen and oxygen atoms in total. The fourth-order valence-corrected chi connectivity index (χ4v) is 4.29. The predicted octanol–water partition coefficient (Wildman–Crippen LogP) is 2.95. The van der Waals surface area contributed by atoms with E-state index < -0.39 is 0 Å². The molecule has 0 N–H and O–H groups in total. The zero-order valence-corrected chi connectivity index (χ0v) is 10.7. The molecule has 18 heavy (non-hydrogen) atoms. The predicted molar refractivity (Wildman–Crippen MR) is 65.7 cm³/mol. The minimum atomic E-state index is -0.265. The molecule has 3 aliphatic carbocycles. The number of carbonyl (C=O) groups excluding carboxylic acids is 1. The summed E-state index contributed by atoms with van der Waals surface area (Å²) in [6.45, 7) is 0. The van der Waals surface area contributed by atoms with Gasteiger partial charge in [-0.05, 0) is 38.0 Å². The molecule has 3 unspecified atom stereocenters. The summed E-state index contributed by atoms with van der Waals surface area (Å²) < 4.78 is 11.6. The molecule has 0 amide bonds. The Kier molecular flexibility index (Phi) is 2.51. The normalized spacial score (nSPS) is 39.3. The molecule has 1 saturated heterocycles. The second-order valence-corrected chi connectivity index (χ2v) is 6.22. The summed E-state index contributed by atoms with van der Waals surface area (Å²) in [5.74, 6) is 0.802. The van der Waals surface area contributed by atoms with Gasteiger partial charge in [-0.1, -0.05) is 24.8 Å². The Labute approximate surface area is 108 Å². The van der Waals surface area contributed by atoms with Crippen LogP contribution in [0.2, 0.25) is 0 Å². The lowest BCUT2D eigenvalue weighted by atomic mass is 9.87. The molecule has 0 aromatic carbocycles. The maximum Gasteiger partial charge on any atom is 0.336 e. The van der Waals surface area contributed by atoms with Crippen molar-refractivity contribution >= 4 is 5.97 Å². The molecule has 4 rings (SSSR count). The summed E-state index contributed by atoms with van der Waals surface area (Å²) in [5.41, 5.74) is 2.36. The zero-order chi connectivity index (χ0) is 12.1. The van der Waals surface area contributed by atoms with Crippen LogP contribution in [-0.2, 0) is 14.3 Å². The van der Waals surface area contributed by atoms with Crippen molar-refractivity contribution in [2.24, 2.45) is 11.8 Å². The molecule has 98 valence electrons. The lowest BCUT2D eigenvalue weighted by molar-refractivity contribution is -0.186. The molecule has 1 heterocycles. The first-order valence-electron chi connectivity index (χ1n) is 7.41. The van der Waals surface area contributed by atoms with Crippen LogP contribution in [0.4, 0.5) is 0 Å². The summed E-state index contributed by atoms with van der Waals surface area (Å²) in [5, 5.41) is 0. The molecule has 2 saturated carbocycles. The number of ether oxygens (including phenoxy) is 2. The maximum atomic E-state index is 11.9. The molecule has 0 spiro atoms. The minimum absolute atomic E-state index is 0.0852. The standard InChI is InChI=1S/C15H20O3/c16-14-12-9-6-7-10(8-9)13(12)15(18-14)17-11-4-2-1-3-5-11/h10-11,13,15H,1-8H2. The van der Waals surface area contributed by atoms with Crippen LogP contribution in [0, 0.1) is 11.8 Å². The Bertz CT molecular complexity index is 406. The maximum absolute atomic E-state index is 11.9. The van der Waals surface area contributed by atoms with Crippen molar-refractivity contribution in [1.82, 2.24) is 0 Å². The Morgan fingerprint density at radius 1 is 1.11 bits per heavy atom. The van der Waals surface area contributed by atoms with Gasteiger partial charge in [-0.2, -0.15) is 0 Å². The fraction of sp³-hybridized carbons (Fsp3) is 0.800.